The lowest BCUT2D eigenvalue weighted by Gasteiger charge is -2.30. The van der Waals surface area contributed by atoms with Crippen LogP contribution >= 0.6 is 11.6 Å². The largest absolute Gasteiger partial charge is 0.350 e. The van der Waals surface area contributed by atoms with Crippen LogP contribution in [0.4, 0.5) is 0 Å². The molecule has 4 atom stereocenters. The van der Waals surface area contributed by atoms with Crippen LogP contribution in [0.25, 0.3) is 0 Å². The van der Waals surface area contributed by atoms with Crippen molar-refractivity contribution in [2.45, 2.75) is 21.9 Å². The summed E-state index contributed by atoms with van der Waals surface area (Å²) in [5.41, 5.74) is 0.863. The SMILES string of the molecule is O=C1c2ccccc2S(=O)[C@@H](c2ccccc2)[C@]12O[C@H]2c1ccccc1Cl. The van der Waals surface area contributed by atoms with E-state index in [1.165, 1.54) is 0 Å². The molecule has 1 unspecified atom stereocenters. The number of hydrogen-bond donors (Lipinski definition) is 0. The number of fused-ring (bicyclic) bond motifs is 1. The van der Waals surface area contributed by atoms with Crippen LogP contribution in [0.3, 0.4) is 0 Å². The van der Waals surface area contributed by atoms with Crippen molar-refractivity contribution in [3.63, 3.8) is 0 Å². The fourth-order valence-corrected chi connectivity index (χ4v) is 6.05. The van der Waals surface area contributed by atoms with E-state index in [0.29, 0.717) is 15.5 Å². The molecule has 3 aromatic carbocycles. The van der Waals surface area contributed by atoms with Gasteiger partial charge in [0.15, 0.2) is 5.60 Å². The second kappa shape index (κ2) is 6.13. The van der Waals surface area contributed by atoms with Gasteiger partial charge in [-0.3, -0.25) is 9.00 Å². The van der Waals surface area contributed by atoms with Crippen LogP contribution < -0.4 is 0 Å². The number of rotatable bonds is 2. The average molecular weight is 395 g/mol. The lowest BCUT2D eigenvalue weighted by atomic mass is 9.85. The molecule has 1 saturated heterocycles. The van der Waals surface area contributed by atoms with Crippen molar-refractivity contribution in [3.8, 4) is 0 Å². The number of ether oxygens (including phenoxy) is 1. The fraction of sp³-hybridized carbons (Fsp3) is 0.136. The molecule has 0 bridgehead atoms. The molecule has 5 heteroatoms. The number of halogens is 1. The number of ketones is 1. The van der Waals surface area contributed by atoms with Crippen molar-refractivity contribution < 1.29 is 13.7 Å². The topological polar surface area (TPSA) is 46.7 Å². The molecule has 134 valence electrons. The molecule has 27 heavy (non-hydrogen) atoms. The first kappa shape index (κ1) is 16.9. The number of benzene rings is 3. The van der Waals surface area contributed by atoms with Crippen molar-refractivity contribution in [3.05, 3.63) is 101 Å². The van der Waals surface area contributed by atoms with Crippen LogP contribution in [0, 0.1) is 0 Å². The third-order valence-corrected chi connectivity index (χ3v) is 7.43. The van der Waals surface area contributed by atoms with Gasteiger partial charge in [0.25, 0.3) is 0 Å². The highest BCUT2D eigenvalue weighted by Crippen LogP contribution is 2.63. The predicted octanol–water partition coefficient (Wildman–Crippen LogP) is 4.90. The molecule has 3 nitrogen and oxygen atoms in total. The zero-order chi connectivity index (χ0) is 18.6. The Morgan fingerprint density at radius 2 is 1.56 bits per heavy atom. The van der Waals surface area contributed by atoms with E-state index >= 15 is 0 Å². The van der Waals surface area contributed by atoms with E-state index in [4.69, 9.17) is 16.3 Å². The molecular formula is C22H15ClO3S. The van der Waals surface area contributed by atoms with Crippen LogP contribution in [0.1, 0.15) is 32.8 Å². The van der Waals surface area contributed by atoms with E-state index in [0.717, 1.165) is 11.1 Å². The molecule has 1 spiro atoms. The van der Waals surface area contributed by atoms with Crippen molar-refractivity contribution in [2.24, 2.45) is 0 Å². The smallest absolute Gasteiger partial charge is 0.200 e. The second-order valence-corrected chi connectivity index (χ2v) is 8.64. The third-order valence-electron chi connectivity index (χ3n) is 5.24. The summed E-state index contributed by atoms with van der Waals surface area (Å²) < 4.78 is 19.6. The Balaban J connectivity index is 1.72. The Morgan fingerprint density at radius 3 is 2.33 bits per heavy atom. The first-order valence-electron chi connectivity index (χ1n) is 8.66. The van der Waals surface area contributed by atoms with Gasteiger partial charge in [0.1, 0.15) is 11.4 Å². The first-order valence-corrected chi connectivity index (χ1v) is 10.3. The molecule has 0 N–H and O–H groups in total. The Labute approximate surface area is 164 Å². The molecule has 0 aliphatic carbocycles. The van der Waals surface area contributed by atoms with Crippen molar-refractivity contribution in [1.82, 2.24) is 0 Å². The number of carbonyl (C=O) groups excluding carboxylic acids is 1. The van der Waals surface area contributed by atoms with Crippen LogP contribution in [0.15, 0.2) is 83.8 Å². The van der Waals surface area contributed by atoms with E-state index in [-0.39, 0.29) is 5.78 Å². The average Bonchev–Trinajstić information content (AvgIpc) is 3.43. The predicted molar refractivity (Wildman–Crippen MR) is 104 cm³/mol. The summed E-state index contributed by atoms with van der Waals surface area (Å²) in [7, 11) is -1.42. The highest BCUT2D eigenvalue weighted by molar-refractivity contribution is 7.85. The zero-order valence-electron chi connectivity index (χ0n) is 14.2. The van der Waals surface area contributed by atoms with Gasteiger partial charge in [-0.15, -0.1) is 0 Å². The van der Waals surface area contributed by atoms with Gasteiger partial charge in [0.05, 0.1) is 15.7 Å². The summed E-state index contributed by atoms with van der Waals surface area (Å²) in [6.45, 7) is 0. The number of carbonyl (C=O) groups is 1. The fourth-order valence-electron chi connectivity index (χ4n) is 3.96. The first-order chi connectivity index (χ1) is 13.1. The van der Waals surface area contributed by atoms with Gasteiger partial charge in [-0.1, -0.05) is 78.3 Å². The molecule has 0 saturated carbocycles. The molecule has 3 aromatic rings. The van der Waals surface area contributed by atoms with E-state index in [9.17, 15) is 9.00 Å². The maximum Gasteiger partial charge on any atom is 0.200 e. The van der Waals surface area contributed by atoms with Crippen molar-refractivity contribution in [2.75, 3.05) is 0 Å². The highest BCUT2D eigenvalue weighted by atomic mass is 35.5. The van der Waals surface area contributed by atoms with Gasteiger partial charge in [-0.05, 0) is 17.7 Å². The summed E-state index contributed by atoms with van der Waals surface area (Å²) in [5.74, 6) is -0.128. The van der Waals surface area contributed by atoms with Crippen molar-refractivity contribution in [1.29, 1.82) is 0 Å². The minimum atomic E-state index is -1.42. The van der Waals surface area contributed by atoms with Crippen LogP contribution in [0.2, 0.25) is 5.02 Å². The quantitative estimate of drug-likeness (QED) is 0.581. The summed E-state index contributed by atoms with van der Waals surface area (Å²) in [6.07, 6.45) is -0.513. The van der Waals surface area contributed by atoms with Gasteiger partial charge in [-0.2, -0.15) is 0 Å². The van der Waals surface area contributed by atoms with Gasteiger partial charge in [0, 0.05) is 16.1 Å². The van der Waals surface area contributed by atoms with Crippen LogP contribution in [-0.2, 0) is 15.5 Å². The normalized spacial score (nSPS) is 28.8. The minimum absolute atomic E-state index is 0.128. The molecule has 1 fully saturated rings. The molecule has 0 radical (unpaired) electrons. The maximum absolute atomic E-state index is 13.5. The standard InChI is InChI=1S/C22H15ClO3S/c23-17-12-6-4-10-15(17)20-22(26-20)19(24)16-11-5-7-13-18(16)27(25)21(22)14-8-2-1-3-9-14/h1-13,20-21H/t20-,21-,22-,27?/m0/s1. The summed E-state index contributed by atoms with van der Waals surface area (Å²) in [5, 5.41) is -0.0361. The van der Waals surface area contributed by atoms with Gasteiger partial charge in [-0.25, -0.2) is 0 Å². The Bertz CT molecular complexity index is 1080. The number of epoxide rings is 1. The maximum atomic E-state index is 13.5. The molecule has 5 rings (SSSR count). The zero-order valence-corrected chi connectivity index (χ0v) is 15.7. The van der Waals surface area contributed by atoms with E-state index < -0.39 is 27.8 Å². The summed E-state index contributed by atoms with van der Waals surface area (Å²) >= 11 is 6.37. The molecule has 0 amide bonds. The lowest BCUT2D eigenvalue weighted by Crippen LogP contribution is -2.40. The Morgan fingerprint density at radius 1 is 0.889 bits per heavy atom. The monoisotopic (exact) mass is 394 g/mol. The number of Topliss-reactive ketones (excluding diaryl/α,β-unsaturated/α-hetero) is 1. The van der Waals surface area contributed by atoms with E-state index in [1.54, 1.807) is 24.3 Å². The summed E-state index contributed by atoms with van der Waals surface area (Å²) in [4.78, 5) is 14.1. The Hall–Kier alpha value is -2.27. The molecular weight excluding hydrogens is 380 g/mol. The van der Waals surface area contributed by atoms with Crippen LogP contribution in [-0.4, -0.2) is 15.6 Å². The molecule has 0 aromatic heterocycles. The van der Waals surface area contributed by atoms with Gasteiger partial charge >= 0.3 is 0 Å². The van der Waals surface area contributed by atoms with E-state index in [2.05, 4.69) is 0 Å². The third kappa shape index (κ3) is 2.37. The van der Waals surface area contributed by atoms with Crippen LogP contribution in [0.5, 0.6) is 0 Å². The molecule has 2 heterocycles. The second-order valence-electron chi connectivity index (χ2n) is 6.73. The Kier molecular flexibility index (Phi) is 3.83. The molecule has 2 aliphatic rings. The highest BCUT2D eigenvalue weighted by Gasteiger charge is 2.71. The van der Waals surface area contributed by atoms with E-state index in [1.807, 2.05) is 54.6 Å². The molecule has 2 aliphatic heterocycles. The summed E-state index contributed by atoms with van der Waals surface area (Å²) in [6, 6.07) is 23.9. The van der Waals surface area contributed by atoms with Crippen molar-refractivity contribution >= 4 is 28.2 Å². The van der Waals surface area contributed by atoms with Gasteiger partial charge < -0.3 is 4.74 Å². The number of hydrogen-bond acceptors (Lipinski definition) is 3. The lowest BCUT2D eigenvalue weighted by molar-refractivity contribution is 0.0859. The minimum Gasteiger partial charge on any atom is -0.350 e. The van der Waals surface area contributed by atoms with Gasteiger partial charge in [0.2, 0.25) is 5.78 Å².